The summed E-state index contributed by atoms with van der Waals surface area (Å²) in [7, 11) is 1.59. The number of rotatable bonds is 7. The molecule has 0 spiro atoms. The van der Waals surface area contributed by atoms with Crippen molar-refractivity contribution in [3.63, 3.8) is 0 Å². The molecule has 0 aromatic heterocycles. The molecule has 2 aliphatic heterocycles. The largest absolute Gasteiger partial charge is 0.495 e. The smallest absolute Gasteiger partial charge is 0.255 e. The molecule has 2 aliphatic rings. The zero-order valence-electron chi connectivity index (χ0n) is 18.9. The first kappa shape index (κ1) is 22.9. The summed E-state index contributed by atoms with van der Waals surface area (Å²) >= 11 is 6.19. The van der Waals surface area contributed by atoms with Gasteiger partial charge in [-0.15, -0.1) is 0 Å². The second-order valence-electron chi connectivity index (χ2n) is 9.07. The summed E-state index contributed by atoms with van der Waals surface area (Å²) < 4.78 is 10.9. The first-order chi connectivity index (χ1) is 15.2. The van der Waals surface area contributed by atoms with Crippen molar-refractivity contribution in [1.29, 1.82) is 0 Å². The van der Waals surface area contributed by atoms with E-state index in [2.05, 4.69) is 17.9 Å². The van der Waals surface area contributed by atoms with E-state index < -0.39 is 11.5 Å². The minimum atomic E-state index is -0.877. The fourth-order valence-electron chi connectivity index (χ4n) is 5.28. The number of methoxy groups -OCH3 is 1. The SMILES string of the molecule is COc1cc(C2(O)CC3CCC(C2)N3Cc2ccc(OCC(N)=O)c(C)c2C)ccc1Cl. The van der Waals surface area contributed by atoms with Gasteiger partial charge < -0.3 is 20.3 Å². The average molecular weight is 459 g/mol. The first-order valence-electron chi connectivity index (χ1n) is 11.0. The molecule has 3 N–H and O–H groups in total. The van der Waals surface area contributed by atoms with E-state index in [0.29, 0.717) is 41.4 Å². The normalized spacial score (nSPS) is 25.0. The number of amides is 1. The number of hydrogen-bond donors (Lipinski definition) is 2. The van der Waals surface area contributed by atoms with Gasteiger partial charge in [0.25, 0.3) is 5.91 Å². The maximum atomic E-state index is 11.6. The topological polar surface area (TPSA) is 85.0 Å². The van der Waals surface area contributed by atoms with Crippen LogP contribution in [0.15, 0.2) is 30.3 Å². The number of hydrogen-bond acceptors (Lipinski definition) is 5. The summed E-state index contributed by atoms with van der Waals surface area (Å²) in [6.45, 7) is 4.80. The first-order valence-corrected chi connectivity index (χ1v) is 11.4. The lowest BCUT2D eigenvalue weighted by atomic mass is 9.80. The number of nitrogens with two attached hydrogens (primary N) is 1. The highest BCUT2D eigenvalue weighted by atomic mass is 35.5. The molecule has 2 aromatic rings. The van der Waals surface area contributed by atoms with E-state index in [-0.39, 0.29) is 6.61 Å². The van der Waals surface area contributed by atoms with Gasteiger partial charge in [-0.05, 0) is 80.0 Å². The van der Waals surface area contributed by atoms with Crippen molar-refractivity contribution < 1.29 is 19.4 Å². The van der Waals surface area contributed by atoms with Crippen molar-refractivity contribution in [1.82, 2.24) is 4.90 Å². The standard InChI is InChI=1S/C25H31ClN2O4/c1-15-16(2)22(32-14-24(27)29)9-4-17(15)13-28-19-6-7-20(28)12-25(30,11-19)18-5-8-21(26)23(10-18)31-3/h4-5,8-10,19-20,30H,6-7,11-14H2,1-3H3,(H2,27,29). The van der Waals surface area contributed by atoms with Gasteiger partial charge in [0.2, 0.25) is 0 Å². The molecule has 1 amide bonds. The maximum Gasteiger partial charge on any atom is 0.255 e. The van der Waals surface area contributed by atoms with Crippen LogP contribution < -0.4 is 15.2 Å². The molecule has 0 aliphatic carbocycles. The van der Waals surface area contributed by atoms with Crippen LogP contribution in [0.1, 0.15) is 47.9 Å². The molecule has 2 aromatic carbocycles. The van der Waals surface area contributed by atoms with Crippen LogP contribution in [-0.2, 0) is 16.9 Å². The van der Waals surface area contributed by atoms with Crippen molar-refractivity contribution in [2.45, 2.75) is 63.8 Å². The fourth-order valence-corrected chi connectivity index (χ4v) is 5.48. The Morgan fingerprint density at radius 1 is 1.16 bits per heavy atom. The third-order valence-corrected chi connectivity index (χ3v) is 7.49. The highest BCUT2D eigenvalue weighted by Crippen LogP contribution is 2.47. The molecule has 7 heteroatoms. The van der Waals surface area contributed by atoms with Crippen LogP contribution in [0.2, 0.25) is 5.02 Å². The van der Waals surface area contributed by atoms with E-state index in [4.69, 9.17) is 26.8 Å². The Morgan fingerprint density at radius 2 is 1.84 bits per heavy atom. The zero-order chi connectivity index (χ0) is 23.0. The molecule has 0 radical (unpaired) electrons. The van der Waals surface area contributed by atoms with Crippen LogP contribution in [0, 0.1) is 13.8 Å². The van der Waals surface area contributed by atoms with Gasteiger partial charge >= 0.3 is 0 Å². The Balaban J connectivity index is 1.51. The Labute approximate surface area is 194 Å². The zero-order valence-corrected chi connectivity index (χ0v) is 19.6. The molecular weight excluding hydrogens is 428 g/mol. The van der Waals surface area contributed by atoms with E-state index in [9.17, 15) is 9.90 Å². The van der Waals surface area contributed by atoms with Crippen molar-refractivity contribution in [3.05, 3.63) is 57.6 Å². The monoisotopic (exact) mass is 458 g/mol. The van der Waals surface area contributed by atoms with Gasteiger partial charge in [0, 0.05) is 18.6 Å². The minimum absolute atomic E-state index is 0.121. The molecule has 2 atom stereocenters. The van der Waals surface area contributed by atoms with Crippen molar-refractivity contribution >= 4 is 17.5 Å². The molecule has 2 fully saturated rings. The molecule has 32 heavy (non-hydrogen) atoms. The van der Waals surface area contributed by atoms with Crippen molar-refractivity contribution in [2.24, 2.45) is 5.73 Å². The van der Waals surface area contributed by atoms with Gasteiger partial charge in [-0.1, -0.05) is 23.7 Å². The minimum Gasteiger partial charge on any atom is -0.495 e. The van der Waals surface area contributed by atoms with Crippen molar-refractivity contribution in [3.8, 4) is 11.5 Å². The summed E-state index contributed by atoms with van der Waals surface area (Å²) in [5.41, 5.74) is 8.63. The van der Waals surface area contributed by atoms with Gasteiger partial charge in [-0.2, -0.15) is 0 Å². The van der Waals surface area contributed by atoms with Crippen molar-refractivity contribution in [2.75, 3.05) is 13.7 Å². The van der Waals surface area contributed by atoms with Gasteiger partial charge in [-0.25, -0.2) is 0 Å². The molecule has 172 valence electrons. The van der Waals surface area contributed by atoms with Crippen LogP contribution in [0.25, 0.3) is 0 Å². The Bertz CT molecular complexity index is 1010. The van der Waals surface area contributed by atoms with Gasteiger partial charge in [0.05, 0.1) is 17.7 Å². The highest BCUT2D eigenvalue weighted by Gasteiger charge is 2.48. The van der Waals surface area contributed by atoms with Gasteiger partial charge in [0.15, 0.2) is 6.61 Å². The van der Waals surface area contributed by atoms with Gasteiger partial charge in [0.1, 0.15) is 11.5 Å². The maximum absolute atomic E-state index is 11.6. The third kappa shape index (κ3) is 4.32. The predicted molar refractivity (Wildman–Crippen MR) is 124 cm³/mol. The molecule has 2 unspecified atom stereocenters. The second-order valence-corrected chi connectivity index (χ2v) is 9.48. The van der Waals surface area contributed by atoms with E-state index in [0.717, 1.165) is 36.1 Å². The molecule has 2 saturated heterocycles. The number of primary amides is 1. The number of carbonyl (C=O) groups excluding carboxylic acids is 1. The van der Waals surface area contributed by atoms with E-state index in [1.54, 1.807) is 13.2 Å². The molecule has 6 nitrogen and oxygen atoms in total. The summed E-state index contributed by atoms with van der Waals surface area (Å²) in [5.74, 6) is 0.802. The van der Waals surface area contributed by atoms with E-state index in [1.807, 2.05) is 25.1 Å². The number of nitrogens with zero attached hydrogens (tertiary/aromatic N) is 1. The Hall–Kier alpha value is -2.28. The summed E-state index contributed by atoms with van der Waals surface area (Å²) in [6, 6.07) is 10.2. The number of carbonyl (C=O) groups is 1. The Kier molecular flexibility index (Phi) is 6.39. The fraction of sp³-hybridized carbons (Fsp3) is 0.480. The third-order valence-electron chi connectivity index (χ3n) is 7.18. The number of piperidine rings is 1. The predicted octanol–water partition coefficient (Wildman–Crippen LogP) is 3.84. The van der Waals surface area contributed by atoms with Crippen LogP contribution in [-0.4, -0.2) is 41.7 Å². The van der Waals surface area contributed by atoms with Crippen LogP contribution >= 0.6 is 11.6 Å². The highest BCUT2D eigenvalue weighted by molar-refractivity contribution is 6.32. The summed E-state index contributed by atoms with van der Waals surface area (Å²) in [6.07, 6.45) is 3.53. The lowest BCUT2D eigenvalue weighted by molar-refractivity contribution is -0.119. The number of aliphatic hydroxyl groups is 1. The number of halogens is 1. The van der Waals surface area contributed by atoms with Crippen LogP contribution in [0.3, 0.4) is 0 Å². The number of ether oxygens (including phenoxy) is 2. The molecule has 2 heterocycles. The summed E-state index contributed by atoms with van der Waals surface area (Å²) in [4.78, 5) is 13.6. The molecular formula is C25H31ClN2O4. The lowest BCUT2D eigenvalue weighted by Gasteiger charge is -2.44. The van der Waals surface area contributed by atoms with E-state index in [1.165, 1.54) is 5.56 Å². The van der Waals surface area contributed by atoms with Crippen LogP contribution in [0.4, 0.5) is 0 Å². The van der Waals surface area contributed by atoms with E-state index >= 15 is 0 Å². The summed E-state index contributed by atoms with van der Waals surface area (Å²) in [5, 5.41) is 12.1. The number of benzene rings is 2. The quantitative estimate of drug-likeness (QED) is 0.658. The van der Waals surface area contributed by atoms with Gasteiger partial charge in [-0.3, -0.25) is 9.69 Å². The Morgan fingerprint density at radius 3 is 2.47 bits per heavy atom. The molecule has 4 rings (SSSR count). The molecule has 0 saturated carbocycles. The lowest BCUT2D eigenvalue weighted by Crippen LogP contribution is -2.49. The van der Waals surface area contributed by atoms with Crippen LogP contribution in [0.5, 0.6) is 11.5 Å². The molecule has 2 bridgehead atoms. The number of fused-ring (bicyclic) bond motifs is 2. The second kappa shape index (κ2) is 8.93. The average Bonchev–Trinajstić information content (AvgIpc) is 3.00.